The molecule has 0 spiro atoms. The molecule has 166 valence electrons. The standard InChI is InChI=1S/C20H16N8O4S/c21-17-18(26-32-25-17)28-15(11-33-13-7-2-1-3-8-13)16(23-27-28)19(29)24-22-10-12-6-4-5-9-14(12)20(30)31/h1-10H,11H2,(H2,21,25)(H,24,29)(H,30,31)/b22-10-. The van der Waals surface area contributed by atoms with Crippen molar-refractivity contribution in [2.24, 2.45) is 5.10 Å². The van der Waals surface area contributed by atoms with Crippen molar-refractivity contribution >= 4 is 35.7 Å². The summed E-state index contributed by atoms with van der Waals surface area (Å²) >= 11 is 1.45. The third kappa shape index (κ3) is 4.88. The molecule has 33 heavy (non-hydrogen) atoms. The number of hydrazone groups is 1. The number of nitrogens with two attached hydrogens (primary N) is 1. The molecule has 4 rings (SSSR count). The molecule has 0 aliphatic heterocycles. The Morgan fingerprint density at radius 1 is 1.15 bits per heavy atom. The number of anilines is 1. The smallest absolute Gasteiger partial charge is 0.336 e. The number of hydrogen-bond donors (Lipinski definition) is 3. The highest BCUT2D eigenvalue weighted by Gasteiger charge is 2.24. The van der Waals surface area contributed by atoms with Crippen molar-refractivity contribution in [3.8, 4) is 5.82 Å². The summed E-state index contributed by atoms with van der Waals surface area (Å²) in [4.78, 5) is 25.1. The zero-order valence-electron chi connectivity index (χ0n) is 16.8. The van der Waals surface area contributed by atoms with E-state index in [4.69, 9.17) is 5.73 Å². The van der Waals surface area contributed by atoms with Crippen LogP contribution in [0.3, 0.4) is 0 Å². The van der Waals surface area contributed by atoms with Gasteiger partial charge in [0, 0.05) is 16.2 Å². The van der Waals surface area contributed by atoms with Gasteiger partial charge < -0.3 is 10.8 Å². The minimum atomic E-state index is -1.11. The van der Waals surface area contributed by atoms with E-state index >= 15 is 0 Å². The highest BCUT2D eigenvalue weighted by Crippen LogP contribution is 2.25. The van der Waals surface area contributed by atoms with E-state index in [0.717, 1.165) is 4.90 Å². The second kappa shape index (κ2) is 9.74. The molecule has 0 radical (unpaired) electrons. The molecular formula is C20H16N8O4S. The van der Waals surface area contributed by atoms with Gasteiger partial charge >= 0.3 is 5.97 Å². The second-order valence-corrected chi connectivity index (χ2v) is 7.51. The number of carboxylic acid groups (broad SMARTS) is 1. The van der Waals surface area contributed by atoms with Gasteiger partial charge in [0.05, 0.1) is 17.5 Å². The van der Waals surface area contributed by atoms with Crippen LogP contribution >= 0.6 is 11.8 Å². The van der Waals surface area contributed by atoms with Crippen LogP contribution in [0.1, 0.15) is 32.1 Å². The number of carboxylic acids is 1. The molecule has 1 amide bonds. The van der Waals surface area contributed by atoms with Gasteiger partial charge in [-0.25, -0.2) is 14.8 Å². The number of nitrogens with zero attached hydrogens (tertiary/aromatic N) is 6. The van der Waals surface area contributed by atoms with E-state index in [9.17, 15) is 14.7 Å². The minimum absolute atomic E-state index is 0.00972. The number of carbonyl (C=O) groups excluding carboxylic acids is 1. The van der Waals surface area contributed by atoms with Crippen LogP contribution in [-0.4, -0.2) is 48.5 Å². The van der Waals surface area contributed by atoms with Crippen molar-refractivity contribution in [1.82, 2.24) is 30.7 Å². The third-order valence-electron chi connectivity index (χ3n) is 4.35. The van der Waals surface area contributed by atoms with E-state index in [2.05, 4.69) is 35.8 Å². The van der Waals surface area contributed by atoms with E-state index in [1.165, 1.54) is 28.7 Å². The van der Waals surface area contributed by atoms with Crippen LogP contribution in [0.15, 0.2) is 69.2 Å². The molecule has 4 aromatic rings. The monoisotopic (exact) mass is 464 g/mol. The number of nitrogen functional groups attached to an aromatic ring is 1. The van der Waals surface area contributed by atoms with Gasteiger partial charge in [-0.1, -0.05) is 41.6 Å². The van der Waals surface area contributed by atoms with E-state index < -0.39 is 11.9 Å². The minimum Gasteiger partial charge on any atom is -0.478 e. The van der Waals surface area contributed by atoms with Gasteiger partial charge in [-0.05, 0) is 28.5 Å². The van der Waals surface area contributed by atoms with Gasteiger partial charge in [0.15, 0.2) is 5.69 Å². The lowest BCUT2D eigenvalue weighted by atomic mass is 10.1. The van der Waals surface area contributed by atoms with Crippen molar-refractivity contribution < 1.29 is 19.3 Å². The van der Waals surface area contributed by atoms with Gasteiger partial charge in [-0.2, -0.15) is 9.78 Å². The normalized spacial score (nSPS) is 11.0. The van der Waals surface area contributed by atoms with Crippen LogP contribution in [0, 0.1) is 0 Å². The SMILES string of the molecule is Nc1nonc1-n1nnc(C(=O)N/N=C\c2ccccc2C(=O)O)c1CSc1ccccc1. The summed E-state index contributed by atoms with van der Waals surface area (Å²) in [5, 5.41) is 28.3. The van der Waals surface area contributed by atoms with Crippen LogP contribution in [0.4, 0.5) is 5.82 Å². The van der Waals surface area contributed by atoms with Crippen molar-refractivity contribution in [3.05, 3.63) is 77.1 Å². The highest BCUT2D eigenvalue weighted by atomic mass is 32.2. The predicted molar refractivity (Wildman–Crippen MR) is 118 cm³/mol. The fourth-order valence-electron chi connectivity index (χ4n) is 2.80. The molecule has 0 saturated carbocycles. The molecule has 0 atom stereocenters. The summed E-state index contributed by atoms with van der Waals surface area (Å²) in [6.45, 7) is 0. The fourth-order valence-corrected chi connectivity index (χ4v) is 3.71. The average molecular weight is 464 g/mol. The third-order valence-corrected chi connectivity index (χ3v) is 5.38. The second-order valence-electron chi connectivity index (χ2n) is 6.46. The van der Waals surface area contributed by atoms with Crippen LogP contribution in [-0.2, 0) is 5.75 Å². The van der Waals surface area contributed by atoms with E-state index in [0.29, 0.717) is 17.0 Å². The first kappa shape index (κ1) is 21.7. The molecule has 0 fully saturated rings. The van der Waals surface area contributed by atoms with Gasteiger partial charge in [-0.3, -0.25) is 4.79 Å². The molecule has 0 bridgehead atoms. The first-order valence-electron chi connectivity index (χ1n) is 9.41. The van der Waals surface area contributed by atoms with Gasteiger partial charge in [0.25, 0.3) is 5.91 Å². The number of amides is 1. The molecule has 0 aliphatic carbocycles. The molecule has 2 heterocycles. The Kier molecular flexibility index (Phi) is 6.40. The summed E-state index contributed by atoms with van der Waals surface area (Å²) in [5.41, 5.74) is 8.89. The van der Waals surface area contributed by atoms with Crippen LogP contribution in [0.5, 0.6) is 0 Å². The Balaban J connectivity index is 1.59. The fraction of sp³-hybridized carbons (Fsp3) is 0.0500. The summed E-state index contributed by atoms with van der Waals surface area (Å²) in [6.07, 6.45) is 1.24. The van der Waals surface area contributed by atoms with Crippen LogP contribution in [0.25, 0.3) is 5.82 Å². The van der Waals surface area contributed by atoms with Crippen molar-refractivity contribution in [2.75, 3.05) is 5.73 Å². The van der Waals surface area contributed by atoms with Gasteiger partial charge in [0.2, 0.25) is 11.6 Å². The quantitative estimate of drug-likeness (QED) is 0.199. The molecule has 13 heteroatoms. The number of rotatable bonds is 8. The Morgan fingerprint density at radius 2 is 1.91 bits per heavy atom. The topological polar surface area (TPSA) is 174 Å². The Bertz CT molecular complexity index is 1320. The first-order valence-corrected chi connectivity index (χ1v) is 10.4. The Hall–Kier alpha value is -4.52. The number of carbonyl (C=O) groups is 2. The van der Waals surface area contributed by atoms with Crippen molar-refractivity contribution in [1.29, 1.82) is 0 Å². The number of aromatic carboxylic acids is 1. The molecule has 2 aromatic heterocycles. The first-order chi connectivity index (χ1) is 16.0. The Labute approximate surface area is 190 Å². The zero-order valence-corrected chi connectivity index (χ0v) is 17.6. The molecule has 0 unspecified atom stereocenters. The summed E-state index contributed by atoms with van der Waals surface area (Å²) < 4.78 is 5.92. The summed E-state index contributed by atoms with van der Waals surface area (Å²) in [7, 11) is 0. The summed E-state index contributed by atoms with van der Waals surface area (Å²) in [6, 6.07) is 15.8. The maximum absolute atomic E-state index is 12.8. The van der Waals surface area contributed by atoms with E-state index in [1.54, 1.807) is 18.2 Å². The molecule has 0 saturated heterocycles. The summed E-state index contributed by atoms with van der Waals surface area (Å²) in [5.74, 6) is -1.36. The average Bonchev–Trinajstić information content (AvgIpc) is 3.44. The maximum Gasteiger partial charge on any atom is 0.336 e. The van der Waals surface area contributed by atoms with Crippen molar-refractivity contribution in [2.45, 2.75) is 10.6 Å². The number of thioether (sulfide) groups is 1. The lowest BCUT2D eigenvalue weighted by Gasteiger charge is -2.06. The molecule has 12 nitrogen and oxygen atoms in total. The number of nitrogens with one attached hydrogen (secondary N) is 1. The molecule has 4 N–H and O–H groups in total. The molecule has 0 aliphatic rings. The molecule has 2 aromatic carbocycles. The Morgan fingerprint density at radius 3 is 2.64 bits per heavy atom. The lowest BCUT2D eigenvalue weighted by molar-refractivity contribution is 0.0696. The lowest BCUT2D eigenvalue weighted by Crippen LogP contribution is -2.20. The largest absolute Gasteiger partial charge is 0.478 e. The predicted octanol–water partition coefficient (Wildman–Crippen LogP) is 1.99. The highest BCUT2D eigenvalue weighted by molar-refractivity contribution is 7.98. The van der Waals surface area contributed by atoms with Crippen LogP contribution < -0.4 is 11.2 Å². The van der Waals surface area contributed by atoms with E-state index in [-0.39, 0.29) is 22.9 Å². The van der Waals surface area contributed by atoms with Crippen molar-refractivity contribution in [3.63, 3.8) is 0 Å². The molecular weight excluding hydrogens is 448 g/mol. The van der Waals surface area contributed by atoms with E-state index in [1.807, 2.05) is 30.3 Å². The van der Waals surface area contributed by atoms with Gasteiger partial charge in [-0.15, -0.1) is 16.9 Å². The maximum atomic E-state index is 12.8. The zero-order chi connectivity index (χ0) is 23.2. The van der Waals surface area contributed by atoms with Gasteiger partial charge in [0.1, 0.15) is 0 Å². The number of aromatic nitrogens is 5. The number of hydrogen-bond acceptors (Lipinski definition) is 10. The number of benzene rings is 2. The van der Waals surface area contributed by atoms with Crippen LogP contribution in [0.2, 0.25) is 0 Å².